The summed E-state index contributed by atoms with van der Waals surface area (Å²) in [6.45, 7) is 1.50. The average Bonchev–Trinajstić information content (AvgIpc) is 3.44. The highest BCUT2D eigenvalue weighted by molar-refractivity contribution is 6.35. The Morgan fingerprint density at radius 2 is 1.80 bits per heavy atom. The smallest absolute Gasteiger partial charge is 0.309 e. The van der Waals surface area contributed by atoms with E-state index in [1.807, 2.05) is 47.2 Å². The zero-order chi connectivity index (χ0) is 20.8. The predicted molar refractivity (Wildman–Crippen MR) is 110 cm³/mol. The molecular weight excluding hydrogens is 384 g/mol. The highest BCUT2D eigenvalue weighted by Crippen LogP contribution is 2.32. The molecular formula is C22H22N4O4. The molecule has 2 heterocycles. The summed E-state index contributed by atoms with van der Waals surface area (Å²) in [6, 6.07) is 15.3. The van der Waals surface area contributed by atoms with Crippen LogP contribution in [0.4, 0.5) is 0 Å². The number of ether oxygens (including phenoxy) is 2. The van der Waals surface area contributed by atoms with Gasteiger partial charge in [0.1, 0.15) is 5.82 Å². The van der Waals surface area contributed by atoms with Gasteiger partial charge < -0.3 is 24.7 Å². The molecule has 3 aromatic rings. The minimum absolute atomic E-state index is 0.194. The maximum atomic E-state index is 12.0. The summed E-state index contributed by atoms with van der Waals surface area (Å²) in [4.78, 5) is 28.4. The number of hydrogen-bond acceptors (Lipinski definition) is 5. The van der Waals surface area contributed by atoms with Crippen molar-refractivity contribution in [1.29, 1.82) is 0 Å². The quantitative estimate of drug-likeness (QED) is 0.463. The van der Waals surface area contributed by atoms with Gasteiger partial charge in [-0.15, -0.1) is 0 Å². The van der Waals surface area contributed by atoms with Crippen LogP contribution < -0.4 is 20.1 Å². The molecule has 1 aromatic heterocycles. The molecule has 0 unspecified atom stereocenters. The van der Waals surface area contributed by atoms with Crippen LogP contribution in [0, 0.1) is 0 Å². The maximum Gasteiger partial charge on any atom is 0.309 e. The van der Waals surface area contributed by atoms with E-state index in [-0.39, 0.29) is 13.3 Å². The van der Waals surface area contributed by atoms with Crippen molar-refractivity contribution in [2.24, 2.45) is 0 Å². The number of rotatable bonds is 7. The largest absolute Gasteiger partial charge is 0.454 e. The fraction of sp³-hybridized carbons (Fsp3) is 0.227. The van der Waals surface area contributed by atoms with Crippen LogP contribution in [0.25, 0.3) is 11.4 Å². The second kappa shape index (κ2) is 9.13. The van der Waals surface area contributed by atoms with Crippen molar-refractivity contribution in [3.8, 4) is 22.9 Å². The monoisotopic (exact) mass is 406 g/mol. The first-order valence-corrected chi connectivity index (χ1v) is 9.72. The number of carbonyl (C=O) groups is 2. The Balaban J connectivity index is 1.20. The number of aryl methyl sites for hydroxylation is 1. The lowest BCUT2D eigenvalue weighted by Gasteiger charge is -2.09. The van der Waals surface area contributed by atoms with Gasteiger partial charge in [-0.3, -0.25) is 9.59 Å². The molecule has 1 aliphatic rings. The molecule has 4 rings (SSSR count). The maximum absolute atomic E-state index is 12.0. The molecule has 0 spiro atoms. The number of nitrogens with zero attached hydrogens (tertiary/aromatic N) is 2. The molecule has 0 atom stereocenters. The molecule has 0 radical (unpaired) electrons. The summed E-state index contributed by atoms with van der Waals surface area (Å²) in [5.74, 6) is 0.880. The van der Waals surface area contributed by atoms with Gasteiger partial charge in [0.15, 0.2) is 11.5 Å². The minimum atomic E-state index is -0.666. The molecule has 30 heavy (non-hydrogen) atoms. The summed E-state index contributed by atoms with van der Waals surface area (Å²) >= 11 is 0. The van der Waals surface area contributed by atoms with E-state index in [2.05, 4.69) is 15.6 Å². The molecule has 8 nitrogen and oxygen atoms in total. The van der Waals surface area contributed by atoms with Crippen LogP contribution in [0.2, 0.25) is 0 Å². The number of fused-ring (bicyclic) bond motifs is 1. The topological polar surface area (TPSA) is 94.5 Å². The lowest BCUT2D eigenvalue weighted by molar-refractivity contribution is -0.139. The first-order chi connectivity index (χ1) is 14.7. The van der Waals surface area contributed by atoms with Crippen LogP contribution in [-0.4, -0.2) is 34.7 Å². The molecule has 154 valence electrons. The van der Waals surface area contributed by atoms with Crippen molar-refractivity contribution in [1.82, 2.24) is 20.2 Å². The highest BCUT2D eigenvalue weighted by Gasteiger charge is 2.15. The molecule has 2 aromatic carbocycles. The van der Waals surface area contributed by atoms with E-state index in [1.165, 1.54) is 0 Å². The minimum Gasteiger partial charge on any atom is -0.454 e. The first-order valence-electron chi connectivity index (χ1n) is 9.72. The summed E-state index contributed by atoms with van der Waals surface area (Å²) in [6.07, 6.45) is 4.34. The van der Waals surface area contributed by atoms with Crippen LogP contribution in [0.3, 0.4) is 0 Å². The lowest BCUT2D eigenvalue weighted by atomic mass is 10.2. The van der Waals surface area contributed by atoms with Crippen molar-refractivity contribution in [2.45, 2.75) is 19.5 Å². The molecule has 0 bridgehead atoms. The molecule has 0 fully saturated rings. The third-order valence-corrected chi connectivity index (χ3v) is 4.71. The number of carbonyl (C=O) groups excluding carboxylic acids is 2. The van der Waals surface area contributed by atoms with E-state index in [0.29, 0.717) is 31.0 Å². The van der Waals surface area contributed by atoms with E-state index in [0.717, 1.165) is 17.0 Å². The number of hydrogen-bond donors (Lipinski definition) is 2. The fourth-order valence-corrected chi connectivity index (χ4v) is 3.18. The van der Waals surface area contributed by atoms with Gasteiger partial charge >= 0.3 is 11.8 Å². The Morgan fingerprint density at radius 1 is 1.00 bits per heavy atom. The summed E-state index contributed by atoms with van der Waals surface area (Å²) < 4.78 is 12.6. The normalized spacial score (nSPS) is 11.9. The average molecular weight is 406 g/mol. The zero-order valence-corrected chi connectivity index (χ0v) is 16.3. The molecule has 0 aliphatic carbocycles. The summed E-state index contributed by atoms with van der Waals surface area (Å²) in [7, 11) is 0. The fourth-order valence-electron chi connectivity index (χ4n) is 3.18. The standard InChI is InChI=1S/C22H22N4O4/c27-21(22(28)25-14-16-7-8-18-19(13-16)30-15-29-18)24-9-4-11-26-12-10-23-20(26)17-5-2-1-3-6-17/h1-3,5-8,10,12-13H,4,9,11,14-15H2,(H,24,27)(H,25,28). The third-order valence-electron chi connectivity index (χ3n) is 4.71. The van der Waals surface area contributed by atoms with Crippen molar-refractivity contribution in [3.05, 3.63) is 66.5 Å². The predicted octanol–water partition coefficient (Wildman–Crippen LogP) is 2.10. The van der Waals surface area contributed by atoms with Gasteiger partial charge in [-0.2, -0.15) is 0 Å². The number of amides is 2. The molecule has 1 aliphatic heterocycles. The van der Waals surface area contributed by atoms with Gasteiger partial charge in [-0.25, -0.2) is 4.98 Å². The Bertz CT molecular complexity index is 1030. The Kier molecular flexibility index (Phi) is 5.93. The van der Waals surface area contributed by atoms with Gasteiger partial charge in [0.25, 0.3) is 0 Å². The summed E-state index contributed by atoms with van der Waals surface area (Å²) in [5, 5.41) is 5.27. The van der Waals surface area contributed by atoms with Gasteiger partial charge in [0, 0.05) is 37.6 Å². The van der Waals surface area contributed by atoms with Gasteiger partial charge in [-0.05, 0) is 24.1 Å². The first kappa shape index (κ1) is 19.5. The Morgan fingerprint density at radius 3 is 2.67 bits per heavy atom. The molecule has 0 saturated heterocycles. The number of nitrogens with one attached hydrogen (secondary N) is 2. The zero-order valence-electron chi connectivity index (χ0n) is 16.3. The van der Waals surface area contributed by atoms with E-state index >= 15 is 0 Å². The molecule has 2 amide bonds. The molecule has 8 heteroatoms. The van der Waals surface area contributed by atoms with Crippen molar-refractivity contribution < 1.29 is 19.1 Å². The Labute approximate surface area is 173 Å². The van der Waals surface area contributed by atoms with Crippen molar-refractivity contribution >= 4 is 11.8 Å². The highest BCUT2D eigenvalue weighted by atomic mass is 16.7. The summed E-state index contributed by atoms with van der Waals surface area (Å²) in [5.41, 5.74) is 1.86. The second-order valence-electron chi connectivity index (χ2n) is 6.79. The molecule has 0 saturated carbocycles. The molecule has 2 N–H and O–H groups in total. The van der Waals surface area contributed by atoms with Crippen LogP contribution in [0.5, 0.6) is 11.5 Å². The van der Waals surface area contributed by atoms with E-state index in [9.17, 15) is 9.59 Å². The van der Waals surface area contributed by atoms with Crippen molar-refractivity contribution in [3.63, 3.8) is 0 Å². The van der Waals surface area contributed by atoms with Crippen LogP contribution in [-0.2, 0) is 22.7 Å². The van der Waals surface area contributed by atoms with Gasteiger partial charge in [0.2, 0.25) is 6.79 Å². The van der Waals surface area contributed by atoms with E-state index in [4.69, 9.17) is 9.47 Å². The SMILES string of the molecule is O=C(NCCCn1ccnc1-c1ccccc1)C(=O)NCc1ccc2c(c1)OCO2. The van der Waals surface area contributed by atoms with Gasteiger partial charge in [-0.1, -0.05) is 36.4 Å². The second-order valence-corrected chi connectivity index (χ2v) is 6.79. The number of aromatic nitrogens is 2. The number of imidazole rings is 1. The lowest BCUT2D eigenvalue weighted by Crippen LogP contribution is -2.40. The van der Waals surface area contributed by atoms with E-state index in [1.54, 1.807) is 18.3 Å². The number of benzene rings is 2. The van der Waals surface area contributed by atoms with Crippen molar-refractivity contribution in [2.75, 3.05) is 13.3 Å². The van der Waals surface area contributed by atoms with Crippen LogP contribution in [0.15, 0.2) is 60.9 Å². The van der Waals surface area contributed by atoms with E-state index < -0.39 is 11.8 Å². The third kappa shape index (κ3) is 4.60. The van der Waals surface area contributed by atoms with Crippen LogP contribution >= 0.6 is 0 Å². The van der Waals surface area contributed by atoms with Crippen LogP contribution in [0.1, 0.15) is 12.0 Å². The Hall–Kier alpha value is -3.81. The van der Waals surface area contributed by atoms with Gasteiger partial charge in [0.05, 0.1) is 0 Å².